The minimum Gasteiger partial charge on any atom is -0.484 e. The molecule has 0 heterocycles. The molecule has 0 bridgehead atoms. The lowest BCUT2D eigenvalue weighted by atomic mass is 10.1. The molecular formula is C23H29N2O3P. The van der Waals surface area contributed by atoms with Crippen LogP contribution in [0.4, 0.5) is 0 Å². The molecule has 2 aromatic rings. The maximum atomic E-state index is 12.1. The van der Waals surface area contributed by atoms with Gasteiger partial charge >= 0.3 is 0 Å². The van der Waals surface area contributed by atoms with Crippen molar-refractivity contribution in [2.45, 2.75) is 40.2 Å². The Morgan fingerprint density at radius 1 is 1.00 bits per heavy atom. The second kappa shape index (κ2) is 10.8. The number of amides is 2. The summed E-state index contributed by atoms with van der Waals surface area (Å²) in [5.74, 6) is 0.275. The summed E-state index contributed by atoms with van der Waals surface area (Å²) in [6.07, 6.45) is 0.637. The summed E-state index contributed by atoms with van der Waals surface area (Å²) in [5.41, 5.74) is 5.00. The van der Waals surface area contributed by atoms with Crippen LogP contribution >= 0.6 is 9.24 Å². The molecule has 2 rings (SSSR count). The molecule has 5 nitrogen and oxygen atoms in total. The summed E-state index contributed by atoms with van der Waals surface area (Å²) in [6, 6.07) is 11.8. The van der Waals surface area contributed by atoms with Crippen LogP contribution in [-0.2, 0) is 16.1 Å². The van der Waals surface area contributed by atoms with Gasteiger partial charge in [0, 0.05) is 18.7 Å². The van der Waals surface area contributed by atoms with Crippen LogP contribution in [0, 0.1) is 20.8 Å². The first-order chi connectivity index (χ1) is 13.7. The maximum absolute atomic E-state index is 12.1. The van der Waals surface area contributed by atoms with E-state index < -0.39 is 0 Å². The smallest absolute Gasteiger partial charge is 0.262 e. The van der Waals surface area contributed by atoms with Gasteiger partial charge in [0.05, 0.1) is 0 Å². The molecule has 2 N–H and O–H groups in total. The van der Waals surface area contributed by atoms with Crippen LogP contribution in [0.1, 0.15) is 35.1 Å². The van der Waals surface area contributed by atoms with E-state index in [0.717, 1.165) is 22.0 Å². The molecule has 0 aliphatic carbocycles. The van der Waals surface area contributed by atoms with Crippen LogP contribution < -0.4 is 20.7 Å². The van der Waals surface area contributed by atoms with Crippen LogP contribution in [0.25, 0.3) is 0 Å². The van der Waals surface area contributed by atoms with Crippen molar-refractivity contribution in [1.82, 2.24) is 10.6 Å². The Hall–Kier alpha value is -2.65. The summed E-state index contributed by atoms with van der Waals surface area (Å²) in [7, 11) is 2.67. The van der Waals surface area contributed by atoms with Gasteiger partial charge in [-0.3, -0.25) is 9.59 Å². The Balaban J connectivity index is 1.68. The van der Waals surface area contributed by atoms with Gasteiger partial charge in [-0.05, 0) is 61.3 Å². The van der Waals surface area contributed by atoms with Crippen molar-refractivity contribution in [2.24, 2.45) is 0 Å². The predicted molar refractivity (Wildman–Crippen MR) is 120 cm³/mol. The number of carbonyl (C=O) groups is 2. The van der Waals surface area contributed by atoms with Gasteiger partial charge in [-0.15, -0.1) is 9.24 Å². The second-order valence-electron chi connectivity index (χ2n) is 7.17. The Labute approximate surface area is 175 Å². The fourth-order valence-corrected chi connectivity index (χ4v) is 2.96. The first-order valence-electron chi connectivity index (χ1n) is 9.54. The van der Waals surface area contributed by atoms with Gasteiger partial charge in [0.15, 0.2) is 6.61 Å². The average Bonchev–Trinajstić information content (AvgIpc) is 2.68. The zero-order chi connectivity index (χ0) is 21.4. The molecule has 1 atom stereocenters. The van der Waals surface area contributed by atoms with Crippen molar-refractivity contribution in [1.29, 1.82) is 0 Å². The Morgan fingerprint density at radius 3 is 2.48 bits per heavy atom. The highest BCUT2D eigenvalue weighted by Gasteiger charge is 2.08. The molecule has 1 unspecified atom stereocenters. The molecule has 0 spiro atoms. The van der Waals surface area contributed by atoms with Crippen molar-refractivity contribution in [3.8, 4) is 5.75 Å². The fraction of sp³-hybridized carbons (Fsp3) is 0.304. The third kappa shape index (κ3) is 7.71. The predicted octanol–water partition coefficient (Wildman–Crippen LogP) is 3.22. The zero-order valence-corrected chi connectivity index (χ0v) is 18.5. The standard InChI is InChI=1S/C23H29N2O3P/c1-15-5-9-21(29)19(11-15)13-24-22(26)10-7-18(4)25-23(27)14-28-20-8-6-16(2)17(3)12-20/h5-6,8-9,11-12H,4,7,10,13-14,29H2,1-3H3,(H,24,26)(H,25,27). The summed E-state index contributed by atoms with van der Waals surface area (Å²) >= 11 is 0. The number of hydrogen-bond donors (Lipinski definition) is 2. The van der Waals surface area contributed by atoms with Crippen molar-refractivity contribution in [2.75, 3.05) is 6.61 Å². The van der Waals surface area contributed by atoms with Crippen LogP contribution in [0.3, 0.4) is 0 Å². The van der Waals surface area contributed by atoms with Crippen molar-refractivity contribution in [3.05, 3.63) is 70.9 Å². The lowest BCUT2D eigenvalue weighted by Crippen LogP contribution is -2.29. The number of nitrogens with one attached hydrogen (secondary N) is 2. The number of benzene rings is 2. The van der Waals surface area contributed by atoms with Crippen molar-refractivity contribution >= 4 is 26.4 Å². The Morgan fingerprint density at radius 2 is 1.76 bits per heavy atom. The summed E-state index contributed by atoms with van der Waals surface area (Å²) in [5, 5.41) is 6.65. The highest BCUT2D eigenvalue weighted by atomic mass is 31.0. The van der Waals surface area contributed by atoms with E-state index in [2.05, 4.69) is 32.5 Å². The van der Waals surface area contributed by atoms with E-state index in [-0.39, 0.29) is 24.8 Å². The van der Waals surface area contributed by atoms with Gasteiger partial charge in [0.25, 0.3) is 5.91 Å². The largest absolute Gasteiger partial charge is 0.484 e. The molecule has 0 saturated carbocycles. The van der Waals surface area contributed by atoms with E-state index in [4.69, 9.17) is 4.74 Å². The van der Waals surface area contributed by atoms with E-state index >= 15 is 0 Å². The highest BCUT2D eigenvalue weighted by molar-refractivity contribution is 7.27. The molecule has 2 aromatic carbocycles. The van der Waals surface area contributed by atoms with E-state index in [1.54, 1.807) is 0 Å². The van der Waals surface area contributed by atoms with Gasteiger partial charge in [0.1, 0.15) is 5.75 Å². The van der Waals surface area contributed by atoms with E-state index in [9.17, 15) is 9.59 Å². The molecule has 29 heavy (non-hydrogen) atoms. The normalized spacial score (nSPS) is 10.3. The molecule has 6 heteroatoms. The van der Waals surface area contributed by atoms with E-state index in [1.165, 1.54) is 5.56 Å². The Kier molecular flexibility index (Phi) is 8.41. The average molecular weight is 412 g/mol. The molecule has 2 amide bonds. The number of hydrogen-bond acceptors (Lipinski definition) is 3. The fourth-order valence-electron chi connectivity index (χ4n) is 2.68. The lowest BCUT2D eigenvalue weighted by molar-refractivity contribution is -0.123. The molecule has 0 aromatic heterocycles. The number of rotatable bonds is 9. The Bertz CT molecular complexity index is 909. The van der Waals surface area contributed by atoms with Crippen LogP contribution in [0.2, 0.25) is 0 Å². The van der Waals surface area contributed by atoms with Gasteiger partial charge in [-0.2, -0.15) is 0 Å². The first kappa shape index (κ1) is 22.6. The molecule has 154 valence electrons. The third-order valence-electron chi connectivity index (χ3n) is 4.59. The second-order valence-corrected chi connectivity index (χ2v) is 7.79. The van der Waals surface area contributed by atoms with Gasteiger partial charge in [0.2, 0.25) is 5.91 Å². The quantitative estimate of drug-likeness (QED) is 0.622. The molecule has 0 aliphatic heterocycles. The van der Waals surface area contributed by atoms with E-state index in [1.807, 2.05) is 51.1 Å². The number of ether oxygens (including phenoxy) is 1. The van der Waals surface area contributed by atoms with Crippen LogP contribution in [0.5, 0.6) is 5.75 Å². The molecule has 0 fully saturated rings. The topological polar surface area (TPSA) is 67.4 Å². The SMILES string of the molecule is C=C(CCC(=O)NCc1cc(C)ccc1P)NC(=O)COc1ccc(C)c(C)c1. The summed E-state index contributed by atoms with van der Waals surface area (Å²) in [6.45, 7) is 10.2. The van der Waals surface area contributed by atoms with Gasteiger partial charge in [-0.25, -0.2) is 0 Å². The van der Waals surface area contributed by atoms with Gasteiger partial charge in [-0.1, -0.05) is 36.4 Å². The minimum atomic E-state index is -0.291. The molecule has 0 aliphatic rings. The van der Waals surface area contributed by atoms with Gasteiger partial charge < -0.3 is 15.4 Å². The maximum Gasteiger partial charge on any atom is 0.262 e. The monoisotopic (exact) mass is 412 g/mol. The number of allylic oxidation sites excluding steroid dienone is 1. The zero-order valence-electron chi connectivity index (χ0n) is 17.3. The minimum absolute atomic E-state index is 0.0855. The number of aryl methyl sites for hydroxylation is 3. The molecular weight excluding hydrogens is 383 g/mol. The van der Waals surface area contributed by atoms with Crippen LogP contribution in [-0.4, -0.2) is 18.4 Å². The van der Waals surface area contributed by atoms with Crippen molar-refractivity contribution < 1.29 is 14.3 Å². The van der Waals surface area contributed by atoms with Crippen molar-refractivity contribution in [3.63, 3.8) is 0 Å². The number of carbonyl (C=O) groups excluding carboxylic acids is 2. The van der Waals surface area contributed by atoms with E-state index in [0.29, 0.717) is 24.4 Å². The molecule has 0 radical (unpaired) electrons. The molecule has 0 saturated heterocycles. The third-order valence-corrected chi connectivity index (χ3v) is 5.16. The highest BCUT2D eigenvalue weighted by Crippen LogP contribution is 2.16. The first-order valence-corrected chi connectivity index (χ1v) is 10.1. The summed E-state index contributed by atoms with van der Waals surface area (Å²) < 4.78 is 5.50. The lowest BCUT2D eigenvalue weighted by Gasteiger charge is -2.11. The van der Waals surface area contributed by atoms with Crippen LogP contribution in [0.15, 0.2) is 48.7 Å². The summed E-state index contributed by atoms with van der Waals surface area (Å²) in [4.78, 5) is 24.1.